The highest BCUT2D eigenvalue weighted by Gasteiger charge is 2.12. The van der Waals surface area contributed by atoms with Crippen LogP contribution in [0.15, 0.2) is 53.2 Å². The van der Waals surface area contributed by atoms with Crippen molar-refractivity contribution in [3.05, 3.63) is 58.5 Å². The third-order valence-electron chi connectivity index (χ3n) is 3.36. The van der Waals surface area contributed by atoms with E-state index < -0.39 is 0 Å². The number of benzene rings is 2. The Labute approximate surface area is 124 Å². The summed E-state index contributed by atoms with van der Waals surface area (Å²) in [6, 6.07) is 14.5. The minimum absolute atomic E-state index is 0.291. The van der Waals surface area contributed by atoms with Crippen LogP contribution in [0.4, 0.5) is 0 Å². The molecule has 20 heavy (non-hydrogen) atoms. The predicted octanol–water partition coefficient (Wildman–Crippen LogP) is 5.16. The minimum atomic E-state index is 0.291. The molecule has 0 N–H and O–H groups in total. The van der Waals surface area contributed by atoms with E-state index in [9.17, 15) is 0 Å². The number of aromatic nitrogens is 2. The Hall–Kier alpha value is -1.97. The van der Waals surface area contributed by atoms with Crippen LogP contribution >= 0.6 is 22.9 Å². The standard InChI is InChI=1S/C16H9ClN2S/c17-16-18-14-9-20-8-13(14)15(19-16)12-7-3-5-10-4-1-2-6-11(10)12/h1-9H. The highest BCUT2D eigenvalue weighted by Crippen LogP contribution is 2.33. The molecule has 96 valence electrons. The number of fused-ring (bicyclic) bond motifs is 2. The van der Waals surface area contributed by atoms with Crippen LogP contribution in [-0.2, 0) is 0 Å². The number of thiophene rings is 1. The van der Waals surface area contributed by atoms with Crippen molar-refractivity contribution in [1.82, 2.24) is 9.97 Å². The van der Waals surface area contributed by atoms with E-state index in [-0.39, 0.29) is 0 Å². The van der Waals surface area contributed by atoms with E-state index in [0.717, 1.165) is 22.2 Å². The van der Waals surface area contributed by atoms with Crippen molar-refractivity contribution in [2.24, 2.45) is 0 Å². The zero-order chi connectivity index (χ0) is 13.5. The largest absolute Gasteiger partial charge is 0.223 e. The second-order valence-corrected chi connectivity index (χ2v) is 5.62. The Morgan fingerprint density at radius 1 is 0.850 bits per heavy atom. The van der Waals surface area contributed by atoms with Gasteiger partial charge in [-0.15, -0.1) is 11.3 Å². The molecular weight excluding hydrogens is 288 g/mol. The van der Waals surface area contributed by atoms with Gasteiger partial charge in [-0.3, -0.25) is 0 Å². The number of halogens is 1. The Bertz CT molecular complexity index is 925. The molecule has 0 atom stereocenters. The van der Waals surface area contributed by atoms with E-state index in [1.54, 1.807) is 11.3 Å². The molecule has 4 aromatic rings. The summed E-state index contributed by atoms with van der Waals surface area (Å²) in [5.74, 6) is 0. The molecule has 0 amide bonds. The first-order chi connectivity index (χ1) is 9.83. The van der Waals surface area contributed by atoms with Crippen molar-refractivity contribution in [3.8, 4) is 11.3 Å². The van der Waals surface area contributed by atoms with Gasteiger partial charge in [0.25, 0.3) is 0 Å². The Morgan fingerprint density at radius 2 is 1.70 bits per heavy atom. The average Bonchev–Trinajstić information content (AvgIpc) is 2.94. The summed E-state index contributed by atoms with van der Waals surface area (Å²) in [7, 11) is 0. The molecule has 2 nitrogen and oxygen atoms in total. The summed E-state index contributed by atoms with van der Waals surface area (Å²) in [5.41, 5.74) is 2.90. The zero-order valence-electron chi connectivity index (χ0n) is 10.4. The molecule has 2 aromatic heterocycles. The first-order valence-electron chi connectivity index (χ1n) is 6.20. The van der Waals surface area contributed by atoms with Gasteiger partial charge in [0.05, 0.1) is 11.2 Å². The van der Waals surface area contributed by atoms with Crippen LogP contribution in [0.2, 0.25) is 5.28 Å². The molecule has 0 radical (unpaired) electrons. The zero-order valence-corrected chi connectivity index (χ0v) is 11.9. The number of rotatable bonds is 1. The van der Waals surface area contributed by atoms with Crippen LogP contribution in [0.1, 0.15) is 0 Å². The van der Waals surface area contributed by atoms with Crippen molar-refractivity contribution in [2.75, 3.05) is 0 Å². The van der Waals surface area contributed by atoms with Crippen molar-refractivity contribution in [2.45, 2.75) is 0 Å². The van der Waals surface area contributed by atoms with Crippen molar-refractivity contribution in [3.63, 3.8) is 0 Å². The van der Waals surface area contributed by atoms with Gasteiger partial charge in [0.15, 0.2) is 0 Å². The molecule has 2 aromatic carbocycles. The summed E-state index contributed by atoms with van der Waals surface area (Å²) < 4.78 is 0. The van der Waals surface area contributed by atoms with E-state index >= 15 is 0 Å². The highest BCUT2D eigenvalue weighted by atomic mass is 35.5. The van der Waals surface area contributed by atoms with Crippen molar-refractivity contribution in [1.29, 1.82) is 0 Å². The second kappa shape index (κ2) is 4.54. The van der Waals surface area contributed by atoms with Crippen LogP contribution in [0, 0.1) is 0 Å². The quantitative estimate of drug-likeness (QED) is 0.453. The molecule has 0 aliphatic carbocycles. The third kappa shape index (κ3) is 1.79. The molecule has 4 heteroatoms. The molecule has 4 rings (SSSR count). The molecule has 0 fully saturated rings. The normalized spacial score (nSPS) is 11.2. The molecule has 0 bridgehead atoms. The lowest BCUT2D eigenvalue weighted by molar-refractivity contribution is 1.23. The van der Waals surface area contributed by atoms with Gasteiger partial charge in [-0.25, -0.2) is 9.97 Å². The molecular formula is C16H9ClN2S. The minimum Gasteiger partial charge on any atom is -0.217 e. The Kier molecular flexibility index (Phi) is 2.69. The van der Waals surface area contributed by atoms with Gasteiger partial charge in [0, 0.05) is 21.7 Å². The summed E-state index contributed by atoms with van der Waals surface area (Å²) in [6.45, 7) is 0. The maximum Gasteiger partial charge on any atom is 0.223 e. The fraction of sp³-hybridized carbons (Fsp3) is 0. The lowest BCUT2D eigenvalue weighted by Gasteiger charge is -2.07. The summed E-state index contributed by atoms with van der Waals surface area (Å²) >= 11 is 7.68. The molecule has 0 aliphatic heterocycles. The topological polar surface area (TPSA) is 25.8 Å². The van der Waals surface area contributed by atoms with Gasteiger partial charge < -0.3 is 0 Å². The monoisotopic (exact) mass is 296 g/mol. The van der Waals surface area contributed by atoms with Crippen LogP contribution in [0.3, 0.4) is 0 Å². The van der Waals surface area contributed by atoms with E-state index in [4.69, 9.17) is 11.6 Å². The Balaban J connectivity index is 2.14. The first-order valence-corrected chi connectivity index (χ1v) is 7.52. The Morgan fingerprint density at radius 3 is 2.65 bits per heavy atom. The predicted molar refractivity (Wildman–Crippen MR) is 85.4 cm³/mol. The van der Waals surface area contributed by atoms with Crippen LogP contribution in [-0.4, -0.2) is 9.97 Å². The third-order valence-corrected chi connectivity index (χ3v) is 4.26. The molecule has 0 saturated heterocycles. The lowest BCUT2D eigenvalue weighted by Crippen LogP contribution is -1.90. The molecule has 0 unspecified atom stereocenters. The van der Waals surface area contributed by atoms with Crippen molar-refractivity contribution >= 4 is 44.6 Å². The molecule has 0 saturated carbocycles. The van der Waals surface area contributed by atoms with Gasteiger partial charge in [0.1, 0.15) is 0 Å². The second-order valence-electron chi connectivity index (χ2n) is 4.54. The van der Waals surface area contributed by atoms with Gasteiger partial charge in [0.2, 0.25) is 5.28 Å². The number of hydrogen-bond acceptors (Lipinski definition) is 3. The fourth-order valence-corrected chi connectivity index (χ4v) is 3.39. The molecule has 2 heterocycles. The molecule has 0 spiro atoms. The summed E-state index contributed by atoms with van der Waals surface area (Å²) in [4.78, 5) is 8.72. The summed E-state index contributed by atoms with van der Waals surface area (Å²) in [6.07, 6.45) is 0. The van der Waals surface area contributed by atoms with Gasteiger partial charge in [-0.05, 0) is 22.4 Å². The van der Waals surface area contributed by atoms with Gasteiger partial charge in [-0.1, -0.05) is 42.5 Å². The van der Waals surface area contributed by atoms with Crippen molar-refractivity contribution < 1.29 is 0 Å². The van der Waals surface area contributed by atoms with Crippen LogP contribution in [0.5, 0.6) is 0 Å². The van der Waals surface area contributed by atoms with Gasteiger partial charge >= 0.3 is 0 Å². The van der Waals surface area contributed by atoms with Crippen LogP contribution < -0.4 is 0 Å². The first kappa shape index (κ1) is 11.8. The molecule has 0 aliphatic rings. The summed E-state index contributed by atoms with van der Waals surface area (Å²) in [5, 5.41) is 7.79. The van der Waals surface area contributed by atoms with Gasteiger partial charge in [-0.2, -0.15) is 0 Å². The maximum atomic E-state index is 6.06. The average molecular weight is 297 g/mol. The maximum absolute atomic E-state index is 6.06. The van der Waals surface area contributed by atoms with E-state index in [1.165, 1.54) is 10.8 Å². The highest BCUT2D eigenvalue weighted by molar-refractivity contribution is 7.09. The van der Waals surface area contributed by atoms with E-state index in [1.807, 2.05) is 23.6 Å². The van der Waals surface area contributed by atoms with Crippen LogP contribution in [0.25, 0.3) is 32.9 Å². The number of hydrogen-bond donors (Lipinski definition) is 0. The number of nitrogens with zero attached hydrogens (tertiary/aromatic N) is 2. The fourth-order valence-electron chi connectivity index (χ4n) is 2.47. The van der Waals surface area contributed by atoms with E-state index in [2.05, 4.69) is 39.6 Å². The van der Waals surface area contributed by atoms with E-state index in [0.29, 0.717) is 5.28 Å². The SMILES string of the molecule is Clc1nc(-c2cccc3ccccc23)c2cscc2n1. The lowest BCUT2D eigenvalue weighted by atomic mass is 10.0. The smallest absolute Gasteiger partial charge is 0.217 e.